The van der Waals surface area contributed by atoms with Gasteiger partial charge in [-0.05, 0) is 13.8 Å². The number of carbonyl (C=O) groups is 1. The van der Waals surface area contributed by atoms with Gasteiger partial charge in [-0.2, -0.15) is 0 Å². The standard InChI is InChI=1S/C11H13N3OS/c1-7-8(2)16-11(13-7)4-10(15)9-5-12-6-14(9)3/h5-6H,4H2,1-3H3. The van der Waals surface area contributed by atoms with E-state index in [0.717, 1.165) is 10.7 Å². The highest BCUT2D eigenvalue weighted by Crippen LogP contribution is 2.18. The van der Waals surface area contributed by atoms with Crippen molar-refractivity contribution in [3.05, 3.63) is 33.8 Å². The Hall–Kier alpha value is -1.49. The molecule has 0 aliphatic heterocycles. The second-order valence-corrected chi connectivity index (χ2v) is 5.03. The van der Waals surface area contributed by atoms with E-state index in [-0.39, 0.29) is 5.78 Å². The van der Waals surface area contributed by atoms with Gasteiger partial charge in [0.25, 0.3) is 0 Å². The summed E-state index contributed by atoms with van der Waals surface area (Å²) in [7, 11) is 1.82. The number of Topliss-reactive ketones (excluding diaryl/α,β-unsaturated/α-hetero) is 1. The minimum atomic E-state index is 0.0637. The lowest BCUT2D eigenvalue weighted by atomic mass is 10.2. The molecule has 0 amide bonds. The fourth-order valence-electron chi connectivity index (χ4n) is 1.47. The van der Waals surface area contributed by atoms with E-state index >= 15 is 0 Å². The van der Waals surface area contributed by atoms with Crippen LogP contribution in [-0.4, -0.2) is 20.3 Å². The molecule has 84 valence electrons. The van der Waals surface area contributed by atoms with Crippen LogP contribution in [0.1, 0.15) is 26.1 Å². The van der Waals surface area contributed by atoms with Gasteiger partial charge in [-0.25, -0.2) is 9.97 Å². The van der Waals surface area contributed by atoms with Gasteiger partial charge in [0, 0.05) is 11.9 Å². The first-order valence-electron chi connectivity index (χ1n) is 5.00. The molecule has 0 radical (unpaired) electrons. The van der Waals surface area contributed by atoms with E-state index in [9.17, 15) is 4.79 Å². The highest BCUT2D eigenvalue weighted by Gasteiger charge is 2.13. The Morgan fingerprint density at radius 3 is 2.75 bits per heavy atom. The van der Waals surface area contributed by atoms with Gasteiger partial charge < -0.3 is 4.57 Å². The molecule has 2 heterocycles. The highest BCUT2D eigenvalue weighted by atomic mass is 32.1. The van der Waals surface area contributed by atoms with Crippen molar-refractivity contribution in [1.82, 2.24) is 14.5 Å². The minimum Gasteiger partial charge on any atom is -0.331 e. The maximum Gasteiger partial charge on any atom is 0.187 e. The smallest absolute Gasteiger partial charge is 0.187 e. The van der Waals surface area contributed by atoms with Crippen LogP contribution in [0, 0.1) is 13.8 Å². The molecule has 0 aliphatic carbocycles. The Morgan fingerprint density at radius 2 is 2.25 bits per heavy atom. The zero-order chi connectivity index (χ0) is 11.7. The van der Waals surface area contributed by atoms with E-state index in [2.05, 4.69) is 9.97 Å². The van der Waals surface area contributed by atoms with Crippen molar-refractivity contribution in [3.63, 3.8) is 0 Å². The van der Waals surface area contributed by atoms with Gasteiger partial charge in [-0.3, -0.25) is 4.79 Å². The molecule has 0 atom stereocenters. The summed E-state index contributed by atoms with van der Waals surface area (Å²) in [5.41, 5.74) is 1.64. The normalized spacial score (nSPS) is 10.7. The summed E-state index contributed by atoms with van der Waals surface area (Å²) < 4.78 is 1.73. The maximum atomic E-state index is 11.9. The molecule has 2 aromatic rings. The lowest BCUT2D eigenvalue weighted by Crippen LogP contribution is -2.08. The number of rotatable bonds is 3. The van der Waals surface area contributed by atoms with Crippen LogP contribution >= 0.6 is 11.3 Å². The van der Waals surface area contributed by atoms with Crippen molar-refractivity contribution >= 4 is 17.1 Å². The number of carbonyl (C=O) groups excluding carboxylic acids is 1. The van der Waals surface area contributed by atoms with E-state index in [1.165, 1.54) is 4.88 Å². The Labute approximate surface area is 98.0 Å². The predicted octanol–water partition coefficient (Wildman–Crippen LogP) is 1.92. The zero-order valence-corrected chi connectivity index (χ0v) is 10.3. The topological polar surface area (TPSA) is 47.8 Å². The second-order valence-electron chi connectivity index (χ2n) is 3.74. The number of hydrogen-bond acceptors (Lipinski definition) is 4. The van der Waals surface area contributed by atoms with Crippen LogP contribution < -0.4 is 0 Å². The Morgan fingerprint density at radius 1 is 1.50 bits per heavy atom. The molecule has 2 aromatic heterocycles. The SMILES string of the molecule is Cc1nc(CC(=O)c2cncn2C)sc1C. The summed E-state index contributed by atoms with van der Waals surface area (Å²) in [4.78, 5) is 21.4. The molecule has 0 aromatic carbocycles. The molecule has 4 nitrogen and oxygen atoms in total. The third kappa shape index (κ3) is 2.04. The van der Waals surface area contributed by atoms with Gasteiger partial charge >= 0.3 is 0 Å². The average molecular weight is 235 g/mol. The summed E-state index contributed by atoms with van der Waals surface area (Å²) >= 11 is 1.58. The van der Waals surface area contributed by atoms with E-state index in [0.29, 0.717) is 12.1 Å². The first-order valence-corrected chi connectivity index (χ1v) is 5.82. The van der Waals surface area contributed by atoms with Gasteiger partial charge in [0.1, 0.15) is 10.7 Å². The molecule has 2 rings (SSSR count). The quantitative estimate of drug-likeness (QED) is 0.764. The third-order valence-corrected chi connectivity index (χ3v) is 3.56. The maximum absolute atomic E-state index is 11.9. The Balaban J connectivity index is 2.17. The first-order chi connectivity index (χ1) is 7.58. The predicted molar refractivity (Wildman–Crippen MR) is 62.8 cm³/mol. The minimum absolute atomic E-state index is 0.0637. The second kappa shape index (κ2) is 4.17. The van der Waals surface area contributed by atoms with Crippen molar-refractivity contribution < 1.29 is 4.79 Å². The van der Waals surface area contributed by atoms with Crippen LogP contribution in [-0.2, 0) is 13.5 Å². The molecular formula is C11H13N3OS. The molecule has 0 saturated carbocycles. The molecule has 0 fully saturated rings. The fraction of sp³-hybridized carbons (Fsp3) is 0.364. The van der Waals surface area contributed by atoms with Crippen LogP contribution in [0.5, 0.6) is 0 Å². The van der Waals surface area contributed by atoms with Crippen molar-refractivity contribution in [2.45, 2.75) is 20.3 Å². The molecule has 5 heteroatoms. The molecule has 0 unspecified atom stereocenters. The van der Waals surface area contributed by atoms with Gasteiger partial charge in [0.2, 0.25) is 0 Å². The number of aryl methyl sites for hydroxylation is 3. The third-order valence-electron chi connectivity index (χ3n) is 2.49. The van der Waals surface area contributed by atoms with Crippen LogP contribution in [0.25, 0.3) is 0 Å². The fourth-order valence-corrected chi connectivity index (χ4v) is 2.40. The van der Waals surface area contributed by atoms with Crippen molar-refractivity contribution in [1.29, 1.82) is 0 Å². The van der Waals surface area contributed by atoms with E-state index in [1.54, 1.807) is 28.4 Å². The summed E-state index contributed by atoms with van der Waals surface area (Å²) in [5, 5.41) is 0.876. The highest BCUT2D eigenvalue weighted by molar-refractivity contribution is 7.11. The molecule has 0 bridgehead atoms. The number of thiazole rings is 1. The molecule has 0 spiro atoms. The van der Waals surface area contributed by atoms with Crippen molar-refractivity contribution in [2.75, 3.05) is 0 Å². The van der Waals surface area contributed by atoms with Crippen molar-refractivity contribution in [3.8, 4) is 0 Å². The molecular weight excluding hydrogens is 222 g/mol. The molecule has 0 aliphatic rings. The lowest BCUT2D eigenvalue weighted by molar-refractivity contribution is 0.0985. The van der Waals surface area contributed by atoms with Gasteiger partial charge in [-0.15, -0.1) is 11.3 Å². The van der Waals surface area contributed by atoms with Crippen LogP contribution in [0.2, 0.25) is 0 Å². The number of ketones is 1. The largest absolute Gasteiger partial charge is 0.331 e. The zero-order valence-electron chi connectivity index (χ0n) is 9.52. The van der Waals surface area contributed by atoms with Gasteiger partial charge in [-0.1, -0.05) is 0 Å². The van der Waals surface area contributed by atoms with E-state index in [4.69, 9.17) is 0 Å². The van der Waals surface area contributed by atoms with Crippen LogP contribution in [0.3, 0.4) is 0 Å². The summed E-state index contributed by atoms with van der Waals surface area (Å²) in [6.45, 7) is 3.98. The number of nitrogens with zero attached hydrogens (tertiary/aromatic N) is 3. The summed E-state index contributed by atoms with van der Waals surface area (Å²) in [6.07, 6.45) is 3.58. The van der Waals surface area contributed by atoms with Crippen LogP contribution in [0.4, 0.5) is 0 Å². The average Bonchev–Trinajstić information content (AvgIpc) is 2.74. The van der Waals surface area contributed by atoms with Crippen LogP contribution in [0.15, 0.2) is 12.5 Å². The summed E-state index contributed by atoms with van der Waals surface area (Å²) in [5.74, 6) is 0.0637. The monoisotopic (exact) mass is 235 g/mol. The Bertz CT molecular complexity index is 508. The van der Waals surface area contributed by atoms with Crippen molar-refractivity contribution in [2.24, 2.45) is 7.05 Å². The molecule has 0 saturated heterocycles. The Kier molecular flexibility index (Phi) is 2.87. The molecule has 0 N–H and O–H groups in total. The van der Waals surface area contributed by atoms with E-state index < -0.39 is 0 Å². The number of hydrogen-bond donors (Lipinski definition) is 0. The van der Waals surface area contributed by atoms with Gasteiger partial charge in [0.15, 0.2) is 5.78 Å². The van der Waals surface area contributed by atoms with E-state index in [1.807, 2.05) is 20.9 Å². The lowest BCUT2D eigenvalue weighted by Gasteiger charge is -1.98. The molecule has 16 heavy (non-hydrogen) atoms. The van der Waals surface area contributed by atoms with Gasteiger partial charge in [0.05, 0.1) is 24.6 Å². The first kappa shape index (κ1) is 11.0. The summed E-state index contributed by atoms with van der Waals surface area (Å²) in [6, 6.07) is 0. The number of aromatic nitrogens is 3. The number of imidazole rings is 1.